The quantitative estimate of drug-likeness (QED) is 0.433. The van der Waals surface area contributed by atoms with Gasteiger partial charge in [0.2, 0.25) is 5.89 Å². The molecule has 0 aliphatic rings. The Labute approximate surface area is 80.6 Å². The maximum absolute atomic E-state index is 7.09. The van der Waals surface area contributed by atoms with Gasteiger partial charge in [0, 0.05) is 18.6 Å². The fourth-order valence-corrected chi connectivity index (χ4v) is 1.71. The van der Waals surface area contributed by atoms with Crippen LogP contribution in [0.25, 0.3) is 0 Å². The van der Waals surface area contributed by atoms with E-state index in [4.69, 9.17) is 15.6 Å². The number of aryl methyl sites for hydroxylation is 1. The van der Waals surface area contributed by atoms with Crippen molar-refractivity contribution in [2.75, 3.05) is 0 Å². The second-order valence-electron chi connectivity index (χ2n) is 2.74. The molecule has 0 saturated carbocycles. The van der Waals surface area contributed by atoms with Gasteiger partial charge in [-0.3, -0.25) is 5.41 Å². The van der Waals surface area contributed by atoms with Crippen LogP contribution >= 0.6 is 11.8 Å². The molecule has 1 aromatic rings. The topological polar surface area (TPSA) is 88.8 Å². The summed E-state index contributed by atoms with van der Waals surface area (Å²) >= 11 is 1.43. The third-order valence-corrected chi connectivity index (χ3v) is 2.25. The smallest absolute Gasteiger partial charge is 0.276 e. The number of nitrogens with zero attached hydrogens (tertiary/aromatic N) is 2. The number of rotatable bonds is 4. The number of thioether (sulfide) groups is 1. The van der Waals surface area contributed by atoms with Crippen LogP contribution < -0.4 is 5.73 Å². The molecule has 5 nitrogen and oxygen atoms in total. The average molecular weight is 200 g/mol. The summed E-state index contributed by atoms with van der Waals surface area (Å²) in [6.07, 6.45) is 0.534. The Bertz CT molecular complexity index is 298. The molecule has 0 aliphatic carbocycles. The van der Waals surface area contributed by atoms with Crippen molar-refractivity contribution in [1.82, 2.24) is 10.2 Å². The van der Waals surface area contributed by atoms with Crippen molar-refractivity contribution < 1.29 is 4.42 Å². The largest absolute Gasteiger partial charge is 0.416 e. The minimum Gasteiger partial charge on any atom is -0.416 e. The van der Waals surface area contributed by atoms with E-state index in [1.165, 1.54) is 11.8 Å². The Morgan fingerprint density at radius 1 is 1.69 bits per heavy atom. The molecule has 0 aliphatic heterocycles. The monoisotopic (exact) mass is 200 g/mol. The highest BCUT2D eigenvalue weighted by molar-refractivity contribution is 7.99. The minimum absolute atomic E-state index is 0.177. The average Bonchev–Trinajstić information content (AvgIpc) is 2.33. The van der Waals surface area contributed by atoms with Crippen LogP contribution in [0.3, 0.4) is 0 Å². The molecule has 1 atom stereocenters. The summed E-state index contributed by atoms with van der Waals surface area (Å²) in [5.41, 5.74) is 5.26. The summed E-state index contributed by atoms with van der Waals surface area (Å²) < 4.78 is 5.17. The van der Waals surface area contributed by atoms with E-state index in [0.717, 1.165) is 0 Å². The fourth-order valence-electron chi connectivity index (χ4n) is 0.850. The van der Waals surface area contributed by atoms with Crippen LogP contribution in [0.5, 0.6) is 0 Å². The van der Waals surface area contributed by atoms with Gasteiger partial charge in [-0.25, -0.2) is 0 Å². The Morgan fingerprint density at radius 2 is 2.38 bits per heavy atom. The molecule has 0 bridgehead atoms. The van der Waals surface area contributed by atoms with Crippen molar-refractivity contribution in [2.45, 2.75) is 30.7 Å². The van der Waals surface area contributed by atoms with Gasteiger partial charge in [0.15, 0.2) is 0 Å². The number of aromatic nitrogens is 2. The highest BCUT2D eigenvalue weighted by Crippen LogP contribution is 2.23. The number of hydrogen-bond acceptors (Lipinski definition) is 5. The van der Waals surface area contributed by atoms with Crippen molar-refractivity contribution >= 4 is 17.6 Å². The van der Waals surface area contributed by atoms with E-state index in [1.807, 2.05) is 6.92 Å². The lowest BCUT2D eigenvalue weighted by Gasteiger charge is -2.05. The minimum atomic E-state index is 0.177. The first-order valence-corrected chi connectivity index (χ1v) is 4.75. The van der Waals surface area contributed by atoms with E-state index in [2.05, 4.69) is 10.2 Å². The third-order valence-electron chi connectivity index (χ3n) is 1.32. The molecule has 0 radical (unpaired) electrons. The molecule has 13 heavy (non-hydrogen) atoms. The molecule has 1 heterocycles. The summed E-state index contributed by atoms with van der Waals surface area (Å²) in [5, 5.41) is 15.3. The molecular weight excluding hydrogens is 188 g/mol. The first kappa shape index (κ1) is 10.0. The van der Waals surface area contributed by atoms with Gasteiger partial charge in [-0.1, -0.05) is 18.7 Å². The van der Waals surface area contributed by atoms with Crippen LogP contribution in [0, 0.1) is 12.3 Å². The van der Waals surface area contributed by atoms with E-state index in [9.17, 15) is 0 Å². The first-order chi connectivity index (χ1) is 6.08. The molecule has 0 fully saturated rings. The Balaban J connectivity index is 2.44. The fraction of sp³-hybridized carbons (Fsp3) is 0.571. The van der Waals surface area contributed by atoms with Gasteiger partial charge in [0.05, 0.1) is 5.84 Å². The van der Waals surface area contributed by atoms with Gasteiger partial charge in [0.25, 0.3) is 5.22 Å². The number of nitrogens with two attached hydrogens (primary N) is 1. The summed E-state index contributed by atoms with van der Waals surface area (Å²) in [4.78, 5) is 0. The standard InChI is InChI=1S/C7H12N4OS/c1-4(3-6(8)9)13-7-11-10-5(2)12-7/h4H,3H2,1-2H3,(H3,8,9). The van der Waals surface area contributed by atoms with E-state index in [1.54, 1.807) is 6.92 Å². The van der Waals surface area contributed by atoms with Gasteiger partial charge >= 0.3 is 0 Å². The lowest BCUT2D eigenvalue weighted by atomic mass is 10.3. The van der Waals surface area contributed by atoms with E-state index >= 15 is 0 Å². The van der Waals surface area contributed by atoms with E-state index in [0.29, 0.717) is 17.5 Å². The van der Waals surface area contributed by atoms with E-state index < -0.39 is 0 Å². The van der Waals surface area contributed by atoms with Crippen molar-refractivity contribution in [3.05, 3.63) is 5.89 Å². The molecule has 0 aromatic carbocycles. The van der Waals surface area contributed by atoms with Crippen LogP contribution in [0.1, 0.15) is 19.2 Å². The Kier molecular flexibility index (Phi) is 3.30. The summed E-state index contributed by atoms with van der Waals surface area (Å²) in [6.45, 7) is 3.71. The third kappa shape index (κ3) is 3.45. The van der Waals surface area contributed by atoms with Crippen LogP contribution in [0.4, 0.5) is 0 Å². The molecule has 0 saturated heterocycles. The lowest BCUT2D eigenvalue weighted by molar-refractivity contribution is 0.428. The Morgan fingerprint density at radius 3 is 2.85 bits per heavy atom. The lowest BCUT2D eigenvalue weighted by Crippen LogP contribution is -2.14. The molecular formula is C7H12N4OS. The Hall–Kier alpha value is -1.04. The SMILES string of the molecule is Cc1nnc(SC(C)CC(=N)N)o1. The summed E-state index contributed by atoms with van der Waals surface area (Å²) in [6, 6.07) is 0. The van der Waals surface area contributed by atoms with Crippen molar-refractivity contribution in [2.24, 2.45) is 5.73 Å². The zero-order valence-electron chi connectivity index (χ0n) is 7.57. The molecule has 1 rings (SSSR count). The molecule has 1 aromatic heterocycles. The number of hydrogen-bond donors (Lipinski definition) is 2. The molecule has 1 unspecified atom stereocenters. The second-order valence-corrected chi connectivity index (χ2v) is 4.13. The predicted octanol–water partition coefficient (Wildman–Crippen LogP) is 1.18. The van der Waals surface area contributed by atoms with Crippen LogP contribution in [-0.4, -0.2) is 21.3 Å². The molecule has 72 valence electrons. The summed E-state index contributed by atoms with van der Waals surface area (Å²) in [7, 11) is 0. The van der Waals surface area contributed by atoms with Crippen LogP contribution in [0.2, 0.25) is 0 Å². The first-order valence-electron chi connectivity index (χ1n) is 3.87. The number of amidine groups is 1. The van der Waals surface area contributed by atoms with Crippen molar-refractivity contribution in [3.63, 3.8) is 0 Å². The van der Waals surface area contributed by atoms with Gasteiger partial charge in [-0.2, -0.15) is 0 Å². The normalized spacial score (nSPS) is 12.8. The highest BCUT2D eigenvalue weighted by atomic mass is 32.2. The molecule has 6 heteroatoms. The summed E-state index contributed by atoms with van der Waals surface area (Å²) in [5.74, 6) is 0.730. The molecule has 0 amide bonds. The van der Waals surface area contributed by atoms with Crippen LogP contribution in [-0.2, 0) is 0 Å². The zero-order chi connectivity index (χ0) is 9.84. The van der Waals surface area contributed by atoms with Crippen molar-refractivity contribution in [1.29, 1.82) is 5.41 Å². The maximum Gasteiger partial charge on any atom is 0.276 e. The maximum atomic E-state index is 7.09. The van der Waals surface area contributed by atoms with Gasteiger partial charge < -0.3 is 10.2 Å². The zero-order valence-corrected chi connectivity index (χ0v) is 8.39. The molecule has 3 N–H and O–H groups in total. The predicted molar refractivity (Wildman–Crippen MR) is 50.9 cm³/mol. The second kappa shape index (κ2) is 4.27. The van der Waals surface area contributed by atoms with Crippen LogP contribution in [0.15, 0.2) is 9.64 Å². The van der Waals surface area contributed by atoms with Crippen molar-refractivity contribution in [3.8, 4) is 0 Å². The highest BCUT2D eigenvalue weighted by Gasteiger charge is 2.10. The van der Waals surface area contributed by atoms with Gasteiger partial charge in [-0.15, -0.1) is 10.2 Å². The van der Waals surface area contributed by atoms with E-state index in [-0.39, 0.29) is 11.1 Å². The number of nitrogens with one attached hydrogen (secondary N) is 1. The molecule has 0 spiro atoms. The van der Waals surface area contributed by atoms with Gasteiger partial charge in [0.1, 0.15) is 0 Å². The van der Waals surface area contributed by atoms with Gasteiger partial charge in [-0.05, 0) is 0 Å².